The van der Waals surface area contributed by atoms with Gasteiger partial charge in [0.15, 0.2) is 5.78 Å². The summed E-state index contributed by atoms with van der Waals surface area (Å²) < 4.78 is 23.8. The third-order valence-electron chi connectivity index (χ3n) is 3.86. The zero-order valence-electron chi connectivity index (χ0n) is 11.4. The molecule has 0 unspecified atom stereocenters. The molecule has 2 rings (SSSR count). The Hall–Kier alpha value is -1.26. The lowest BCUT2D eigenvalue weighted by molar-refractivity contribution is -0.151. The number of carbonyl (C=O) groups is 1. The molecule has 1 aromatic carbocycles. The van der Waals surface area contributed by atoms with Crippen molar-refractivity contribution in [1.29, 1.82) is 0 Å². The van der Waals surface area contributed by atoms with Crippen molar-refractivity contribution >= 4 is 5.78 Å². The van der Waals surface area contributed by atoms with Crippen molar-refractivity contribution in [2.75, 3.05) is 20.3 Å². The lowest BCUT2D eigenvalue weighted by Crippen LogP contribution is -2.46. The molecular formula is C15H19FO3. The first-order chi connectivity index (χ1) is 9.07. The van der Waals surface area contributed by atoms with Crippen molar-refractivity contribution < 1.29 is 18.7 Å². The Morgan fingerprint density at radius 3 is 2.68 bits per heavy atom. The first-order valence-corrected chi connectivity index (χ1v) is 6.49. The number of rotatable bonds is 4. The zero-order valence-corrected chi connectivity index (χ0v) is 11.4. The molecule has 1 aliphatic rings. The highest BCUT2D eigenvalue weighted by atomic mass is 19.1. The molecule has 4 heteroatoms. The van der Waals surface area contributed by atoms with E-state index in [0.717, 1.165) is 11.1 Å². The van der Waals surface area contributed by atoms with Crippen molar-refractivity contribution in [2.45, 2.75) is 31.8 Å². The number of benzene rings is 1. The first-order valence-electron chi connectivity index (χ1n) is 6.49. The van der Waals surface area contributed by atoms with Crippen LogP contribution in [0.1, 0.15) is 24.0 Å². The second-order valence-corrected chi connectivity index (χ2v) is 4.98. The minimum absolute atomic E-state index is 0.0491. The van der Waals surface area contributed by atoms with Crippen molar-refractivity contribution in [3.63, 3.8) is 0 Å². The normalized spacial score (nSPS) is 18.3. The highest BCUT2D eigenvalue weighted by Gasteiger charge is 2.39. The first kappa shape index (κ1) is 14.2. The molecule has 0 saturated carbocycles. The van der Waals surface area contributed by atoms with Gasteiger partial charge in [0.25, 0.3) is 0 Å². The van der Waals surface area contributed by atoms with Gasteiger partial charge in [-0.1, -0.05) is 6.07 Å². The molecule has 0 bridgehead atoms. The molecule has 0 aliphatic carbocycles. The van der Waals surface area contributed by atoms with Crippen LogP contribution in [0.2, 0.25) is 0 Å². The zero-order chi connectivity index (χ0) is 13.9. The summed E-state index contributed by atoms with van der Waals surface area (Å²) in [5.41, 5.74) is 0.917. The molecular weight excluding hydrogens is 247 g/mol. The minimum Gasteiger partial charge on any atom is -0.381 e. The Kier molecular flexibility index (Phi) is 4.32. The Morgan fingerprint density at radius 1 is 1.42 bits per heavy atom. The van der Waals surface area contributed by atoms with Crippen LogP contribution in [0, 0.1) is 12.7 Å². The van der Waals surface area contributed by atoms with E-state index in [0.29, 0.717) is 26.1 Å². The summed E-state index contributed by atoms with van der Waals surface area (Å²) in [5.74, 6) is -0.228. The Balaban J connectivity index is 2.15. The third kappa shape index (κ3) is 3.01. The quantitative estimate of drug-likeness (QED) is 0.839. The van der Waals surface area contributed by atoms with Crippen molar-refractivity contribution in [3.8, 4) is 0 Å². The van der Waals surface area contributed by atoms with E-state index >= 15 is 0 Å². The molecule has 1 heterocycles. The molecule has 0 amide bonds. The maximum absolute atomic E-state index is 13.1. The molecule has 1 saturated heterocycles. The Morgan fingerprint density at radius 2 is 2.11 bits per heavy atom. The minimum atomic E-state index is -0.737. The van der Waals surface area contributed by atoms with Crippen LogP contribution in [-0.4, -0.2) is 31.7 Å². The SMILES string of the molecule is COC1(C(=O)Cc2ccc(F)cc2C)CCOCC1. The third-order valence-corrected chi connectivity index (χ3v) is 3.86. The topological polar surface area (TPSA) is 35.5 Å². The number of aryl methyl sites for hydroxylation is 1. The van der Waals surface area contributed by atoms with Crippen LogP contribution >= 0.6 is 0 Å². The van der Waals surface area contributed by atoms with Gasteiger partial charge in [-0.05, 0) is 30.2 Å². The number of halogens is 1. The highest BCUT2D eigenvalue weighted by Crippen LogP contribution is 2.27. The van der Waals surface area contributed by atoms with E-state index in [1.165, 1.54) is 12.1 Å². The van der Waals surface area contributed by atoms with Gasteiger partial charge in [0.05, 0.1) is 0 Å². The molecule has 1 aliphatic heterocycles. The maximum Gasteiger partial charge on any atom is 0.169 e. The van der Waals surface area contributed by atoms with Gasteiger partial charge in [0, 0.05) is 39.6 Å². The van der Waals surface area contributed by atoms with Gasteiger partial charge < -0.3 is 9.47 Å². The average molecular weight is 266 g/mol. The number of hydrogen-bond donors (Lipinski definition) is 0. The molecule has 0 spiro atoms. The monoisotopic (exact) mass is 266 g/mol. The Labute approximate surface area is 112 Å². The second-order valence-electron chi connectivity index (χ2n) is 4.98. The van der Waals surface area contributed by atoms with Gasteiger partial charge in [-0.3, -0.25) is 4.79 Å². The van der Waals surface area contributed by atoms with Crippen LogP contribution in [0.5, 0.6) is 0 Å². The fourth-order valence-corrected chi connectivity index (χ4v) is 2.49. The predicted molar refractivity (Wildman–Crippen MR) is 69.6 cm³/mol. The lowest BCUT2D eigenvalue weighted by atomic mass is 9.85. The van der Waals surface area contributed by atoms with E-state index in [2.05, 4.69) is 0 Å². The predicted octanol–water partition coefficient (Wildman–Crippen LogP) is 2.44. The largest absolute Gasteiger partial charge is 0.381 e. The van der Waals surface area contributed by atoms with Gasteiger partial charge in [0.1, 0.15) is 11.4 Å². The van der Waals surface area contributed by atoms with Gasteiger partial charge in [-0.15, -0.1) is 0 Å². The fourth-order valence-electron chi connectivity index (χ4n) is 2.49. The van der Waals surface area contributed by atoms with Crippen molar-refractivity contribution in [1.82, 2.24) is 0 Å². The van der Waals surface area contributed by atoms with Crippen molar-refractivity contribution in [2.24, 2.45) is 0 Å². The van der Waals surface area contributed by atoms with Gasteiger partial charge in [0.2, 0.25) is 0 Å². The number of hydrogen-bond acceptors (Lipinski definition) is 3. The summed E-state index contributed by atoms with van der Waals surface area (Å²) in [6.45, 7) is 2.90. The standard InChI is InChI=1S/C15H19FO3/c1-11-9-13(16)4-3-12(11)10-14(17)15(18-2)5-7-19-8-6-15/h3-4,9H,5-8,10H2,1-2H3. The van der Waals surface area contributed by atoms with Crippen LogP contribution < -0.4 is 0 Å². The summed E-state index contributed by atoms with van der Waals surface area (Å²) in [6.07, 6.45) is 1.45. The van der Waals surface area contributed by atoms with Crippen molar-refractivity contribution in [3.05, 3.63) is 35.1 Å². The molecule has 104 valence electrons. The van der Waals surface area contributed by atoms with Crippen LogP contribution in [0.15, 0.2) is 18.2 Å². The van der Waals surface area contributed by atoms with Gasteiger partial charge in [-0.25, -0.2) is 4.39 Å². The summed E-state index contributed by atoms with van der Waals surface area (Å²) in [6, 6.07) is 4.51. The van der Waals surface area contributed by atoms with E-state index in [1.54, 1.807) is 13.2 Å². The average Bonchev–Trinajstić information content (AvgIpc) is 2.42. The highest BCUT2D eigenvalue weighted by molar-refractivity contribution is 5.89. The number of carbonyl (C=O) groups excluding carboxylic acids is 1. The van der Waals surface area contributed by atoms with Crippen LogP contribution in [-0.2, 0) is 20.7 Å². The van der Waals surface area contributed by atoms with E-state index in [9.17, 15) is 9.18 Å². The van der Waals surface area contributed by atoms with E-state index < -0.39 is 5.60 Å². The summed E-state index contributed by atoms with van der Waals surface area (Å²) in [7, 11) is 1.57. The molecule has 0 aromatic heterocycles. The molecule has 0 radical (unpaired) electrons. The van der Waals surface area contributed by atoms with Crippen LogP contribution in [0.4, 0.5) is 4.39 Å². The molecule has 0 atom stereocenters. The number of Topliss-reactive ketones (excluding diaryl/α,β-unsaturated/α-hetero) is 1. The maximum atomic E-state index is 13.1. The summed E-state index contributed by atoms with van der Waals surface area (Å²) >= 11 is 0. The van der Waals surface area contributed by atoms with Crippen LogP contribution in [0.3, 0.4) is 0 Å². The number of ether oxygens (including phenoxy) is 2. The molecule has 0 N–H and O–H groups in total. The molecule has 1 aromatic rings. The molecule has 19 heavy (non-hydrogen) atoms. The van der Waals surface area contributed by atoms with Gasteiger partial charge in [-0.2, -0.15) is 0 Å². The van der Waals surface area contributed by atoms with E-state index in [-0.39, 0.29) is 18.0 Å². The number of methoxy groups -OCH3 is 1. The Bertz CT molecular complexity index is 464. The molecule has 1 fully saturated rings. The van der Waals surface area contributed by atoms with Gasteiger partial charge >= 0.3 is 0 Å². The lowest BCUT2D eigenvalue weighted by Gasteiger charge is -2.34. The van der Waals surface area contributed by atoms with E-state index in [1.807, 2.05) is 6.92 Å². The van der Waals surface area contributed by atoms with Crippen LogP contribution in [0.25, 0.3) is 0 Å². The fraction of sp³-hybridized carbons (Fsp3) is 0.533. The van der Waals surface area contributed by atoms with E-state index in [4.69, 9.17) is 9.47 Å². The summed E-state index contributed by atoms with van der Waals surface area (Å²) in [4.78, 5) is 12.5. The molecule has 3 nitrogen and oxygen atoms in total. The second kappa shape index (κ2) is 5.80. The number of ketones is 1. The summed E-state index contributed by atoms with van der Waals surface area (Å²) in [5, 5.41) is 0. The smallest absolute Gasteiger partial charge is 0.169 e.